The highest BCUT2D eigenvalue weighted by Gasteiger charge is 2.18. The van der Waals surface area contributed by atoms with E-state index in [9.17, 15) is 0 Å². The number of nitrogens with one attached hydrogen (secondary N) is 2. The van der Waals surface area contributed by atoms with Crippen LogP contribution in [0.3, 0.4) is 0 Å². The van der Waals surface area contributed by atoms with Crippen molar-refractivity contribution in [3.63, 3.8) is 0 Å². The second-order valence-electron chi connectivity index (χ2n) is 15.2. The summed E-state index contributed by atoms with van der Waals surface area (Å²) in [6, 6.07) is 28.0. The van der Waals surface area contributed by atoms with Crippen molar-refractivity contribution in [2.45, 2.75) is 132 Å². The van der Waals surface area contributed by atoms with E-state index < -0.39 is 0 Å². The Balaban J connectivity index is 0.000000562. The number of terminal acetylenes is 2. The van der Waals surface area contributed by atoms with Crippen LogP contribution in [0.25, 0.3) is 28.3 Å². The Morgan fingerprint density at radius 1 is 0.810 bits per heavy atom. The largest absolute Gasteiger partial charge is 0.312 e. The average Bonchev–Trinajstić information content (AvgIpc) is 3.33. The average molecular weight is 881 g/mol. The highest BCUT2D eigenvalue weighted by molar-refractivity contribution is 6.36. The summed E-state index contributed by atoms with van der Waals surface area (Å²) in [5, 5.41) is 8.67. The zero-order valence-electron chi connectivity index (χ0n) is 39.4. The topological polar surface area (TPSA) is 37.0 Å². The Hall–Kier alpha value is -4.87. The van der Waals surface area contributed by atoms with E-state index in [1.807, 2.05) is 52.0 Å². The molecule has 6 rings (SSSR count). The van der Waals surface area contributed by atoms with Gasteiger partial charge in [-0.1, -0.05) is 171 Å². The van der Waals surface area contributed by atoms with Crippen LogP contribution in [0.2, 0.25) is 10.0 Å². The Labute approximate surface area is 392 Å². The van der Waals surface area contributed by atoms with Crippen molar-refractivity contribution in [3.05, 3.63) is 164 Å². The lowest BCUT2D eigenvalue weighted by Crippen LogP contribution is -2.30. The van der Waals surface area contributed by atoms with Crippen LogP contribution in [0, 0.1) is 24.7 Å². The number of pyridine rings is 1. The summed E-state index contributed by atoms with van der Waals surface area (Å²) < 4.78 is 0. The SMILES string of the molecule is C#Cc1cc(C#C)cc(CC)c1.C=Cc1nc(CCc2cccc(-c3cccc(-c4ccc5c(c4)CNCC5)c3Cl)c2CCC)c(Cl)cc1CNC(CC)C(=C)CCC.CC.CC. The van der Waals surface area contributed by atoms with E-state index in [0.29, 0.717) is 11.6 Å². The van der Waals surface area contributed by atoms with Crippen molar-refractivity contribution >= 4 is 29.3 Å². The highest BCUT2D eigenvalue weighted by atomic mass is 35.5. The van der Waals surface area contributed by atoms with Crippen LogP contribution in [0.5, 0.6) is 0 Å². The Morgan fingerprint density at radius 2 is 1.49 bits per heavy atom. The van der Waals surface area contributed by atoms with Gasteiger partial charge in [0.1, 0.15) is 0 Å². The molecule has 63 heavy (non-hydrogen) atoms. The molecular weight excluding hydrogens is 810 g/mol. The number of halogens is 2. The smallest absolute Gasteiger partial charge is 0.0673 e. The molecule has 0 saturated heterocycles. The van der Waals surface area contributed by atoms with Crippen LogP contribution in [-0.4, -0.2) is 17.6 Å². The van der Waals surface area contributed by atoms with Gasteiger partial charge in [-0.05, 0) is 132 Å². The number of aromatic nitrogens is 1. The summed E-state index contributed by atoms with van der Waals surface area (Å²) in [4.78, 5) is 5.00. The predicted octanol–water partition coefficient (Wildman–Crippen LogP) is 15.2. The van der Waals surface area contributed by atoms with Crippen molar-refractivity contribution < 1.29 is 0 Å². The van der Waals surface area contributed by atoms with Crippen LogP contribution in [0.4, 0.5) is 0 Å². The minimum Gasteiger partial charge on any atom is -0.312 e. The molecule has 1 aliphatic heterocycles. The third-order valence-electron chi connectivity index (χ3n) is 11.2. The lowest BCUT2D eigenvalue weighted by molar-refractivity contribution is 0.537. The lowest BCUT2D eigenvalue weighted by Gasteiger charge is -2.21. The van der Waals surface area contributed by atoms with Gasteiger partial charge in [0, 0.05) is 41.4 Å². The summed E-state index contributed by atoms with van der Waals surface area (Å²) in [6.45, 7) is 27.7. The van der Waals surface area contributed by atoms with E-state index in [1.54, 1.807) is 0 Å². The summed E-state index contributed by atoms with van der Waals surface area (Å²) in [5.74, 6) is 5.16. The second-order valence-corrected chi connectivity index (χ2v) is 16.0. The van der Waals surface area contributed by atoms with E-state index in [0.717, 1.165) is 115 Å². The maximum absolute atomic E-state index is 7.25. The summed E-state index contributed by atoms with van der Waals surface area (Å²) in [7, 11) is 0. The van der Waals surface area contributed by atoms with Gasteiger partial charge < -0.3 is 10.6 Å². The number of benzene rings is 4. The van der Waals surface area contributed by atoms with Crippen molar-refractivity contribution in [2.24, 2.45) is 0 Å². The fourth-order valence-electron chi connectivity index (χ4n) is 7.97. The normalized spacial score (nSPS) is 11.7. The van der Waals surface area contributed by atoms with E-state index >= 15 is 0 Å². The molecule has 0 aliphatic carbocycles. The molecule has 0 bridgehead atoms. The van der Waals surface area contributed by atoms with Crippen molar-refractivity contribution in [2.75, 3.05) is 6.54 Å². The first-order valence-electron chi connectivity index (χ1n) is 23.2. The number of fused-ring (bicyclic) bond motifs is 1. The van der Waals surface area contributed by atoms with E-state index in [-0.39, 0.29) is 6.04 Å². The molecule has 0 saturated carbocycles. The molecule has 1 atom stereocenters. The molecule has 2 N–H and O–H groups in total. The van der Waals surface area contributed by atoms with Crippen LogP contribution in [-0.2, 0) is 45.2 Å². The molecule has 3 nitrogen and oxygen atoms in total. The van der Waals surface area contributed by atoms with Gasteiger partial charge in [-0.15, -0.1) is 12.8 Å². The van der Waals surface area contributed by atoms with E-state index in [1.165, 1.54) is 44.5 Å². The van der Waals surface area contributed by atoms with Gasteiger partial charge in [-0.3, -0.25) is 4.98 Å². The molecule has 332 valence electrons. The fraction of sp³-hybridized carbons (Fsp3) is 0.362. The van der Waals surface area contributed by atoms with Crippen LogP contribution in [0.15, 0.2) is 97.6 Å². The fourth-order valence-corrected chi connectivity index (χ4v) is 8.58. The van der Waals surface area contributed by atoms with Crippen molar-refractivity contribution in [1.29, 1.82) is 0 Å². The molecule has 4 aromatic carbocycles. The molecular formula is C58H71Cl2N3. The zero-order valence-corrected chi connectivity index (χ0v) is 40.9. The molecule has 1 aromatic heterocycles. The molecule has 5 aromatic rings. The van der Waals surface area contributed by atoms with E-state index in [2.05, 4.69) is 124 Å². The van der Waals surface area contributed by atoms with Crippen LogP contribution < -0.4 is 10.6 Å². The maximum Gasteiger partial charge on any atom is 0.0673 e. The minimum atomic E-state index is 0.278. The molecule has 0 radical (unpaired) electrons. The van der Waals surface area contributed by atoms with Crippen molar-refractivity contribution in [3.8, 4) is 46.9 Å². The molecule has 0 fully saturated rings. The van der Waals surface area contributed by atoms with Gasteiger partial charge in [0.15, 0.2) is 0 Å². The number of aryl methyl sites for hydroxylation is 3. The molecule has 2 heterocycles. The van der Waals surface area contributed by atoms with Crippen molar-refractivity contribution in [1.82, 2.24) is 15.6 Å². The molecule has 1 unspecified atom stereocenters. The van der Waals surface area contributed by atoms with Gasteiger partial charge in [-0.2, -0.15) is 0 Å². The lowest BCUT2D eigenvalue weighted by atomic mass is 9.88. The van der Waals surface area contributed by atoms with Gasteiger partial charge in [0.2, 0.25) is 0 Å². The standard InChI is InChI=1S/C42H49Cl2N3.C12H10.2C2H6/c1-6-12-28(5)39(8-3)46-27-33-25-38(43)41(47-40(33)9-4)21-20-30-14-10-16-36(34(30)13-7-2)37-17-11-15-35(42(37)44)31-19-18-29-22-23-45-26-32(29)24-31;1-4-10-7-11(5-2)9-12(6-3)8-10;2*1-2/h9-11,14-19,24-25,39,45-46H,4-8,12-13,20-23,26-27H2,1-3H3;1-2,7-9H,6H2,3H3;2*1-2H3. The first kappa shape index (κ1) is 52.5. The number of nitrogens with zero attached hydrogens (tertiary/aromatic N) is 1. The maximum atomic E-state index is 7.25. The quantitative estimate of drug-likeness (QED) is 0.0766. The summed E-state index contributed by atoms with van der Waals surface area (Å²) in [6.07, 6.45) is 21.2. The molecule has 1 aliphatic rings. The summed E-state index contributed by atoms with van der Waals surface area (Å²) in [5.41, 5.74) is 17.0. The second kappa shape index (κ2) is 28.0. The predicted molar refractivity (Wildman–Crippen MR) is 278 cm³/mol. The Morgan fingerprint density at radius 3 is 2.13 bits per heavy atom. The first-order valence-corrected chi connectivity index (χ1v) is 23.9. The van der Waals surface area contributed by atoms with Gasteiger partial charge >= 0.3 is 0 Å². The number of hydrogen-bond donors (Lipinski definition) is 2. The molecule has 5 heteroatoms. The molecule has 0 spiro atoms. The van der Waals surface area contributed by atoms with Gasteiger partial charge in [-0.25, -0.2) is 0 Å². The zero-order chi connectivity index (χ0) is 46.3. The Kier molecular flexibility index (Phi) is 23.3. The third-order valence-corrected chi connectivity index (χ3v) is 11.9. The first-order chi connectivity index (χ1) is 30.7. The number of hydrogen-bond acceptors (Lipinski definition) is 3. The van der Waals surface area contributed by atoms with Crippen LogP contribution in [0.1, 0.15) is 137 Å². The molecule has 0 amide bonds. The van der Waals surface area contributed by atoms with Gasteiger partial charge in [0.05, 0.1) is 21.4 Å². The number of rotatable bonds is 16. The van der Waals surface area contributed by atoms with E-state index in [4.69, 9.17) is 41.0 Å². The monoisotopic (exact) mass is 880 g/mol. The minimum absolute atomic E-state index is 0.278. The third kappa shape index (κ3) is 14.6. The van der Waals surface area contributed by atoms with Gasteiger partial charge in [0.25, 0.3) is 0 Å². The Bertz CT molecular complexity index is 2310. The summed E-state index contributed by atoms with van der Waals surface area (Å²) >= 11 is 14.1. The van der Waals surface area contributed by atoms with Crippen LogP contribution >= 0.6 is 23.2 Å². The highest BCUT2D eigenvalue weighted by Crippen LogP contribution is 2.40.